The molecule has 1 aliphatic rings. The SMILES string of the molecule is CC1(C)CCCC(Nc2nc3cc(Br)ccc3s2)C1. The van der Waals surface area contributed by atoms with Gasteiger partial charge in [0.2, 0.25) is 0 Å². The number of aromatic nitrogens is 1. The molecule has 1 unspecified atom stereocenters. The van der Waals surface area contributed by atoms with Gasteiger partial charge >= 0.3 is 0 Å². The highest BCUT2D eigenvalue weighted by atomic mass is 79.9. The van der Waals surface area contributed by atoms with Crippen LogP contribution in [0.3, 0.4) is 0 Å². The van der Waals surface area contributed by atoms with Crippen molar-refractivity contribution in [3.05, 3.63) is 22.7 Å². The molecule has 1 aromatic heterocycles. The lowest BCUT2D eigenvalue weighted by atomic mass is 9.75. The summed E-state index contributed by atoms with van der Waals surface area (Å²) >= 11 is 5.26. The van der Waals surface area contributed by atoms with Crippen LogP contribution in [0.4, 0.5) is 5.13 Å². The lowest BCUT2D eigenvalue weighted by molar-refractivity contribution is 0.229. The number of fused-ring (bicyclic) bond motifs is 1. The van der Waals surface area contributed by atoms with E-state index in [4.69, 9.17) is 4.98 Å². The maximum atomic E-state index is 4.69. The maximum Gasteiger partial charge on any atom is 0.184 e. The highest BCUT2D eigenvalue weighted by Gasteiger charge is 2.28. The van der Waals surface area contributed by atoms with Crippen molar-refractivity contribution >= 4 is 42.6 Å². The van der Waals surface area contributed by atoms with Crippen molar-refractivity contribution in [2.24, 2.45) is 5.41 Å². The minimum atomic E-state index is 0.468. The summed E-state index contributed by atoms with van der Waals surface area (Å²) in [4.78, 5) is 4.69. The van der Waals surface area contributed by atoms with E-state index in [1.54, 1.807) is 11.3 Å². The van der Waals surface area contributed by atoms with Crippen LogP contribution in [-0.2, 0) is 0 Å². The van der Waals surface area contributed by atoms with E-state index in [9.17, 15) is 0 Å². The summed E-state index contributed by atoms with van der Waals surface area (Å²) in [5, 5.41) is 4.70. The number of halogens is 1. The first kappa shape index (κ1) is 13.4. The standard InChI is InChI=1S/C15H19BrN2S/c1-15(2)7-3-4-11(9-15)17-14-18-12-8-10(16)5-6-13(12)19-14/h5-6,8,11H,3-4,7,9H2,1-2H3,(H,17,18). The Hall–Kier alpha value is -0.610. The molecule has 0 amide bonds. The Morgan fingerprint density at radius 2 is 2.26 bits per heavy atom. The van der Waals surface area contributed by atoms with Crippen molar-refractivity contribution < 1.29 is 0 Å². The van der Waals surface area contributed by atoms with E-state index in [1.807, 2.05) is 0 Å². The van der Waals surface area contributed by atoms with Gasteiger partial charge in [-0.25, -0.2) is 4.98 Å². The van der Waals surface area contributed by atoms with Crippen LogP contribution in [0.15, 0.2) is 22.7 Å². The predicted molar refractivity (Wildman–Crippen MR) is 87.0 cm³/mol. The van der Waals surface area contributed by atoms with Gasteiger partial charge in [-0.15, -0.1) is 0 Å². The number of thiazole rings is 1. The first-order valence-corrected chi connectivity index (χ1v) is 8.45. The van der Waals surface area contributed by atoms with Gasteiger partial charge in [-0.3, -0.25) is 0 Å². The van der Waals surface area contributed by atoms with E-state index in [0.717, 1.165) is 15.1 Å². The zero-order valence-corrected chi connectivity index (χ0v) is 13.8. The van der Waals surface area contributed by atoms with E-state index < -0.39 is 0 Å². The summed E-state index contributed by atoms with van der Waals surface area (Å²) in [5.41, 5.74) is 1.55. The molecule has 0 saturated heterocycles. The van der Waals surface area contributed by atoms with Crippen LogP contribution in [0.2, 0.25) is 0 Å². The highest BCUT2D eigenvalue weighted by Crippen LogP contribution is 2.37. The second-order valence-corrected chi connectivity index (χ2v) is 8.18. The smallest absolute Gasteiger partial charge is 0.184 e. The number of benzene rings is 1. The van der Waals surface area contributed by atoms with Gasteiger partial charge in [-0.2, -0.15) is 0 Å². The van der Waals surface area contributed by atoms with Gasteiger partial charge in [0.15, 0.2) is 5.13 Å². The van der Waals surface area contributed by atoms with Crippen LogP contribution in [0.25, 0.3) is 10.2 Å². The van der Waals surface area contributed by atoms with Crippen LogP contribution < -0.4 is 5.32 Å². The Bertz CT molecular complexity index is 591. The third-order valence-corrected chi connectivity index (χ3v) is 5.34. The van der Waals surface area contributed by atoms with Crippen molar-refractivity contribution in [1.82, 2.24) is 4.98 Å². The lowest BCUT2D eigenvalue weighted by Gasteiger charge is -2.35. The number of anilines is 1. The summed E-state index contributed by atoms with van der Waals surface area (Å²) in [6.45, 7) is 4.74. The van der Waals surface area contributed by atoms with Gasteiger partial charge in [0, 0.05) is 10.5 Å². The molecule has 3 rings (SSSR count). The molecule has 2 aromatic rings. The average Bonchev–Trinajstić information content (AvgIpc) is 2.68. The summed E-state index contributed by atoms with van der Waals surface area (Å²) in [6, 6.07) is 6.87. The fourth-order valence-corrected chi connectivity index (χ4v) is 4.23. The number of hydrogen-bond donors (Lipinski definition) is 1. The largest absolute Gasteiger partial charge is 0.359 e. The van der Waals surface area contributed by atoms with E-state index >= 15 is 0 Å². The van der Waals surface area contributed by atoms with Crippen molar-refractivity contribution in [3.8, 4) is 0 Å². The average molecular weight is 339 g/mol. The van der Waals surface area contributed by atoms with Crippen LogP contribution in [0, 0.1) is 5.41 Å². The topological polar surface area (TPSA) is 24.9 Å². The Morgan fingerprint density at radius 3 is 3.05 bits per heavy atom. The molecule has 2 nitrogen and oxygen atoms in total. The van der Waals surface area contributed by atoms with Crippen LogP contribution in [0.5, 0.6) is 0 Å². The molecule has 0 bridgehead atoms. The van der Waals surface area contributed by atoms with Crippen molar-refractivity contribution in [2.45, 2.75) is 45.6 Å². The third kappa shape index (κ3) is 3.11. The summed E-state index contributed by atoms with van der Waals surface area (Å²) < 4.78 is 2.34. The van der Waals surface area contributed by atoms with Crippen LogP contribution in [-0.4, -0.2) is 11.0 Å². The molecule has 1 saturated carbocycles. The van der Waals surface area contributed by atoms with E-state index in [0.29, 0.717) is 11.5 Å². The minimum absolute atomic E-state index is 0.468. The molecular weight excluding hydrogens is 320 g/mol. The Morgan fingerprint density at radius 1 is 1.42 bits per heavy atom. The maximum absolute atomic E-state index is 4.69. The molecule has 19 heavy (non-hydrogen) atoms. The molecule has 1 fully saturated rings. The second kappa shape index (κ2) is 5.06. The summed E-state index contributed by atoms with van der Waals surface area (Å²) in [7, 11) is 0. The summed E-state index contributed by atoms with van der Waals surface area (Å²) in [5.74, 6) is 0. The van der Waals surface area contributed by atoms with Gasteiger partial charge in [0.05, 0.1) is 10.2 Å². The lowest BCUT2D eigenvalue weighted by Crippen LogP contribution is -2.31. The van der Waals surface area contributed by atoms with Crippen LogP contribution in [0.1, 0.15) is 39.5 Å². The molecule has 1 aromatic carbocycles. The highest BCUT2D eigenvalue weighted by molar-refractivity contribution is 9.10. The fourth-order valence-electron chi connectivity index (χ4n) is 2.96. The van der Waals surface area contributed by atoms with Crippen LogP contribution >= 0.6 is 27.3 Å². The zero-order valence-electron chi connectivity index (χ0n) is 11.4. The van der Waals surface area contributed by atoms with Gasteiger partial charge in [0.25, 0.3) is 0 Å². The monoisotopic (exact) mass is 338 g/mol. The number of hydrogen-bond acceptors (Lipinski definition) is 3. The number of nitrogens with one attached hydrogen (secondary N) is 1. The van der Waals surface area contributed by atoms with Gasteiger partial charge in [-0.05, 0) is 42.9 Å². The molecule has 102 valence electrons. The quantitative estimate of drug-likeness (QED) is 0.788. The predicted octanol–water partition coefficient (Wildman–Crippen LogP) is 5.44. The van der Waals surface area contributed by atoms with Crippen molar-refractivity contribution in [3.63, 3.8) is 0 Å². The Balaban J connectivity index is 1.77. The minimum Gasteiger partial charge on any atom is -0.359 e. The molecule has 1 heterocycles. The molecule has 0 radical (unpaired) electrons. The third-order valence-electron chi connectivity index (χ3n) is 3.88. The first-order valence-electron chi connectivity index (χ1n) is 6.84. The fraction of sp³-hybridized carbons (Fsp3) is 0.533. The molecule has 0 aliphatic heterocycles. The van der Waals surface area contributed by atoms with Gasteiger partial charge in [-0.1, -0.05) is 47.5 Å². The number of rotatable bonds is 2. The molecule has 0 spiro atoms. The zero-order chi connectivity index (χ0) is 13.5. The molecule has 1 atom stereocenters. The van der Waals surface area contributed by atoms with Gasteiger partial charge in [0.1, 0.15) is 0 Å². The summed E-state index contributed by atoms with van der Waals surface area (Å²) in [6.07, 6.45) is 5.18. The van der Waals surface area contributed by atoms with Crippen molar-refractivity contribution in [1.29, 1.82) is 0 Å². The molecule has 1 N–H and O–H groups in total. The van der Waals surface area contributed by atoms with Gasteiger partial charge < -0.3 is 5.32 Å². The Labute approximate surface area is 126 Å². The molecular formula is C15H19BrN2S. The van der Waals surface area contributed by atoms with Crippen molar-refractivity contribution in [2.75, 3.05) is 5.32 Å². The Kier molecular flexibility index (Phi) is 3.56. The molecule has 4 heteroatoms. The van der Waals surface area contributed by atoms with E-state index in [2.05, 4.69) is 53.3 Å². The number of nitrogens with zero attached hydrogens (tertiary/aromatic N) is 1. The second-order valence-electron chi connectivity index (χ2n) is 6.23. The first-order chi connectivity index (χ1) is 9.02. The van der Waals surface area contributed by atoms with E-state index in [-0.39, 0.29) is 0 Å². The normalized spacial score (nSPS) is 22.6. The van der Waals surface area contributed by atoms with E-state index in [1.165, 1.54) is 30.4 Å². The molecule has 1 aliphatic carbocycles.